The first-order valence-electron chi connectivity index (χ1n) is 7.65. The number of carbonyl (C=O) groups is 1. The smallest absolute Gasteiger partial charge is 0.250 e. The number of anilines is 1. The van der Waals surface area contributed by atoms with Gasteiger partial charge in [0.15, 0.2) is 4.34 Å². The molecule has 9 heteroatoms. The lowest BCUT2D eigenvalue weighted by atomic mass is 10.2. The Morgan fingerprint density at radius 2 is 1.93 bits per heavy atom. The van der Waals surface area contributed by atoms with E-state index in [1.54, 1.807) is 24.3 Å². The normalized spacial score (nSPS) is 11.1. The minimum absolute atomic E-state index is 0.302. The quantitative estimate of drug-likeness (QED) is 0.263. The molecule has 1 heterocycles. The van der Waals surface area contributed by atoms with E-state index in [0.717, 1.165) is 15.5 Å². The number of halogens is 3. The zero-order chi connectivity index (χ0) is 19.2. The van der Waals surface area contributed by atoms with E-state index in [4.69, 9.17) is 34.8 Å². The highest BCUT2D eigenvalue weighted by Crippen LogP contribution is 2.31. The Morgan fingerprint density at radius 3 is 2.70 bits per heavy atom. The van der Waals surface area contributed by atoms with Crippen LogP contribution in [0.25, 0.3) is 6.08 Å². The summed E-state index contributed by atoms with van der Waals surface area (Å²) in [6.45, 7) is 0. The molecule has 3 aromatic rings. The summed E-state index contributed by atoms with van der Waals surface area (Å²) in [6, 6.07) is 12.6. The molecule has 0 spiro atoms. The largest absolute Gasteiger partial charge is 0.297 e. The highest BCUT2D eigenvalue weighted by molar-refractivity contribution is 8.00. The van der Waals surface area contributed by atoms with Crippen LogP contribution in [0, 0.1) is 0 Å². The van der Waals surface area contributed by atoms with Crippen molar-refractivity contribution in [1.82, 2.24) is 10.2 Å². The van der Waals surface area contributed by atoms with Crippen LogP contribution in [0.5, 0.6) is 0 Å². The molecule has 0 bridgehead atoms. The van der Waals surface area contributed by atoms with Gasteiger partial charge in [0.25, 0.3) is 0 Å². The molecule has 0 atom stereocenters. The van der Waals surface area contributed by atoms with Crippen molar-refractivity contribution in [2.75, 3.05) is 5.32 Å². The fourth-order valence-corrected chi connectivity index (χ4v) is 4.53. The predicted molar refractivity (Wildman–Crippen MR) is 115 cm³/mol. The lowest BCUT2D eigenvalue weighted by Crippen LogP contribution is -2.07. The third-order valence-electron chi connectivity index (χ3n) is 3.32. The number of benzene rings is 2. The van der Waals surface area contributed by atoms with Gasteiger partial charge in [0, 0.05) is 26.9 Å². The van der Waals surface area contributed by atoms with Gasteiger partial charge >= 0.3 is 0 Å². The molecular formula is C18H12Cl3N3OS2. The summed E-state index contributed by atoms with van der Waals surface area (Å²) in [4.78, 5) is 12.0. The second-order valence-corrected chi connectivity index (χ2v) is 8.69. The summed E-state index contributed by atoms with van der Waals surface area (Å²) in [7, 11) is 0. The average Bonchev–Trinajstić information content (AvgIpc) is 3.07. The molecule has 0 aliphatic carbocycles. The summed E-state index contributed by atoms with van der Waals surface area (Å²) in [5, 5.41) is 12.9. The van der Waals surface area contributed by atoms with Crippen LogP contribution < -0.4 is 5.32 Å². The molecule has 3 rings (SSSR count). The Bertz CT molecular complexity index is 991. The first-order valence-corrected chi connectivity index (χ1v) is 10.6. The van der Waals surface area contributed by atoms with Crippen LogP contribution in [0.4, 0.5) is 5.13 Å². The highest BCUT2D eigenvalue weighted by atomic mass is 35.5. The molecule has 0 saturated carbocycles. The van der Waals surface area contributed by atoms with Crippen LogP contribution in [-0.4, -0.2) is 16.1 Å². The van der Waals surface area contributed by atoms with E-state index >= 15 is 0 Å². The van der Waals surface area contributed by atoms with Gasteiger partial charge in [0.2, 0.25) is 11.0 Å². The number of rotatable bonds is 6. The number of nitrogens with one attached hydrogen (secondary N) is 1. The topological polar surface area (TPSA) is 54.9 Å². The molecule has 2 aromatic carbocycles. The van der Waals surface area contributed by atoms with E-state index in [2.05, 4.69) is 15.5 Å². The van der Waals surface area contributed by atoms with Crippen LogP contribution >= 0.6 is 57.9 Å². The molecule has 0 aliphatic rings. The maximum absolute atomic E-state index is 12.0. The molecule has 0 radical (unpaired) electrons. The Kier molecular flexibility index (Phi) is 7.15. The van der Waals surface area contributed by atoms with Gasteiger partial charge in [0.1, 0.15) is 0 Å². The van der Waals surface area contributed by atoms with Gasteiger partial charge in [-0.05, 0) is 35.4 Å². The molecule has 0 saturated heterocycles. The number of amides is 1. The molecule has 138 valence electrons. The maximum Gasteiger partial charge on any atom is 0.250 e. The zero-order valence-electron chi connectivity index (χ0n) is 13.7. The van der Waals surface area contributed by atoms with Crippen LogP contribution in [0.3, 0.4) is 0 Å². The van der Waals surface area contributed by atoms with Crippen LogP contribution in [0.15, 0.2) is 52.9 Å². The Hall–Kier alpha value is -1.57. The van der Waals surface area contributed by atoms with Crippen molar-refractivity contribution in [2.24, 2.45) is 0 Å². The van der Waals surface area contributed by atoms with Crippen molar-refractivity contribution in [3.63, 3.8) is 0 Å². The van der Waals surface area contributed by atoms with Gasteiger partial charge in [0.05, 0.1) is 0 Å². The third-order valence-corrected chi connectivity index (χ3v) is 6.27. The van der Waals surface area contributed by atoms with Gasteiger partial charge in [-0.15, -0.1) is 10.2 Å². The molecule has 1 N–H and O–H groups in total. The van der Waals surface area contributed by atoms with Gasteiger partial charge in [-0.25, -0.2) is 0 Å². The number of hydrogen-bond donors (Lipinski definition) is 1. The number of aromatic nitrogens is 2. The molecular weight excluding hydrogens is 445 g/mol. The number of carbonyl (C=O) groups excluding carboxylic acids is 1. The van der Waals surface area contributed by atoms with E-state index in [0.29, 0.717) is 26.0 Å². The Morgan fingerprint density at radius 1 is 1.11 bits per heavy atom. The van der Waals surface area contributed by atoms with Crippen molar-refractivity contribution in [1.29, 1.82) is 0 Å². The average molecular weight is 457 g/mol. The fourth-order valence-electron chi connectivity index (χ4n) is 2.02. The first-order chi connectivity index (χ1) is 13.0. The molecule has 1 amide bonds. The van der Waals surface area contributed by atoms with Crippen LogP contribution in [-0.2, 0) is 10.5 Å². The van der Waals surface area contributed by atoms with Crippen molar-refractivity contribution >= 4 is 75.0 Å². The van der Waals surface area contributed by atoms with Crippen molar-refractivity contribution in [3.05, 3.63) is 74.7 Å². The minimum atomic E-state index is -0.302. The lowest BCUT2D eigenvalue weighted by molar-refractivity contribution is -0.111. The summed E-state index contributed by atoms with van der Waals surface area (Å²) in [6.07, 6.45) is 3.06. The van der Waals surface area contributed by atoms with E-state index in [-0.39, 0.29) is 5.91 Å². The fraction of sp³-hybridized carbons (Fsp3) is 0.0556. The molecule has 4 nitrogen and oxygen atoms in total. The number of hydrogen-bond acceptors (Lipinski definition) is 5. The van der Waals surface area contributed by atoms with E-state index in [1.807, 2.05) is 24.3 Å². The molecule has 27 heavy (non-hydrogen) atoms. The molecule has 1 aromatic heterocycles. The van der Waals surface area contributed by atoms with Gasteiger partial charge < -0.3 is 0 Å². The Balaban J connectivity index is 1.56. The van der Waals surface area contributed by atoms with Gasteiger partial charge in [-0.1, -0.05) is 82.2 Å². The monoisotopic (exact) mass is 455 g/mol. The van der Waals surface area contributed by atoms with Crippen LogP contribution in [0.1, 0.15) is 11.1 Å². The van der Waals surface area contributed by atoms with Crippen molar-refractivity contribution < 1.29 is 4.79 Å². The minimum Gasteiger partial charge on any atom is -0.297 e. The predicted octanol–water partition coefficient (Wildman–Crippen LogP) is 6.44. The van der Waals surface area contributed by atoms with E-state index in [9.17, 15) is 4.79 Å². The number of thioether (sulfide) groups is 1. The summed E-state index contributed by atoms with van der Waals surface area (Å²) in [5.74, 6) is 0.328. The summed E-state index contributed by atoms with van der Waals surface area (Å²) >= 11 is 20.9. The molecule has 0 fully saturated rings. The van der Waals surface area contributed by atoms with E-state index < -0.39 is 0 Å². The standard InChI is InChI=1S/C18H12Cl3N3OS2/c19-13-7-5-12(15(21)9-13)10-26-18-24-23-17(27-18)22-16(25)8-6-11-3-1-2-4-14(11)20/h1-9H,10H2,(H,22,23,25). The SMILES string of the molecule is O=C(C=Cc1ccccc1Cl)Nc1nnc(SCc2ccc(Cl)cc2Cl)s1. The second-order valence-electron chi connectivity index (χ2n) is 5.24. The van der Waals surface area contributed by atoms with Crippen LogP contribution in [0.2, 0.25) is 15.1 Å². The third kappa shape index (κ3) is 5.96. The molecule has 0 unspecified atom stereocenters. The van der Waals surface area contributed by atoms with E-state index in [1.165, 1.54) is 29.2 Å². The number of nitrogens with zero attached hydrogens (tertiary/aromatic N) is 2. The maximum atomic E-state index is 12.0. The van der Waals surface area contributed by atoms with Gasteiger partial charge in [-0.2, -0.15) is 0 Å². The molecule has 0 aliphatic heterocycles. The second kappa shape index (κ2) is 9.57. The zero-order valence-corrected chi connectivity index (χ0v) is 17.6. The Labute approximate surface area is 179 Å². The first kappa shape index (κ1) is 20.2. The lowest BCUT2D eigenvalue weighted by Gasteiger charge is -2.02. The summed E-state index contributed by atoms with van der Waals surface area (Å²) < 4.78 is 0.728. The van der Waals surface area contributed by atoms with Gasteiger partial charge in [-0.3, -0.25) is 10.1 Å². The summed E-state index contributed by atoms with van der Waals surface area (Å²) in [5.41, 5.74) is 1.72. The van der Waals surface area contributed by atoms with Crippen molar-refractivity contribution in [3.8, 4) is 0 Å². The van der Waals surface area contributed by atoms with Crippen molar-refractivity contribution in [2.45, 2.75) is 10.1 Å². The highest BCUT2D eigenvalue weighted by Gasteiger charge is 2.09.